The Morgan fingerprint density at radius 2 is 2.00 bits per heavy atom. The zero-order chi connectivity index (χ0) is 18.3. The van der Waals surface area contributed by atoms with Gasteiger partial charge in [-0.25, -0.2) is 13.4 Å². The van der Waals surface area contributed by atoms with Gasteiger partial charge >= 0.3 is 0 Å². The first-order valence-electron chi connectivity index (χ1n) is 8.66. The van der Waals surface area contributed by atoms with Gasteiger partial charge in [0.05, 0.1) is 17.5 Å². The number of nitrogens with one attached hydrogen (secondary N) is 1. The van der Waals surface area contributed by atoms with Crippen LogP contribution in [0.1, 0.15) is 49.5 Å². The van der Waals surface area contributed by atoms with Crippen LogP contribution in [0.2, 0.25) is 0 Å². The fraction of sp³-hybridized carbons (Fsp3) is 0.667. The minimum atomic E-state index is -3.14. The van der Waals surface area contributed by atoms with Crippen LogP contribution in [0.5, 0.6) is 0 Å². The fourth-order valence-electron chi connectivity index (χ4n) is 3.26. The number of anilines is 1. The van der Waals surface area contributed by atoms with E-state index in [0.717, 1.165) is 17.8 Å². The Morgan fingerprint density at radius 1 is 1.19 bits per heavy atom. The normalized spacial score (nSPS) is 25.7. The predicted octanol–water partition coefficient (Wildman–Crippen LogP) is 0.910. The molecule has 1 aromatic rings. The second kappa shape index (κ2) is 6.69. The lowest BCUT2D eigenvalue weighted by molar-refractivity contribution is -0.133. The van der Waals surface area contributed by atoms with Crippen LogP contribution in [-0.2, 0) is 19.4 Å². The summed E-state index contributed by atoms with van der Waals surface area (Å²) < 4.78 is 23.3. The van der Waals surface area contributed by atoms with Crippen molar-refractivity contribution in [3.63, 3.8) is 0 Å². The lowest BCUT2D eigenvalue weighted by atomic mass is 9.86. The van der Waals surface area contributed by atoms with Gasteiger partial charge in [0.15, 0.2) is 9.84 Å². The topological polar surface area (TPSA) is 122 Å². The summed E-state index contributed by atoms with van der Waals surface area (Å²) >= 11 is 1.37. The summed E-state index contributed by atoms with van der Waals surface area (Å²) in [6, 6.07) is -0.484. The average molecular weight is 397 g/mol. The molecule has 0 unspecified atom stereocenters. The van der Waals surface area contributed by atoms with Gasteiger partial charge in [0.1, 0.15) is 10.7 Å². The summed E-state index contributed by atoms with van der Waals surface area (Å²) in [6.07, 6.45) is 4.14. The molecule has 26 heavy (non-hydrogen) atoms. The molecule has 2 fully saturated rings. The highest BCUT2D eigenvalue weighted by atomic mass is 32.2. The highest BCUT2D eigenvalue weighted by molar-refractivity contribution is 7.91. The number of carbonyl (C=O) groups is 2. The fourth-order valence-corrected chi connectivity index (χ4v) is 5.86. The van der Waals surface area contributed by atoms with Crippen molar-refractivity contribution in [2.24, 2.45) is 5.10 Å². The van der Waals surface area contributed by atoms with Crippen molar-refractivity contribution in [3.05, 3.63) is 5.01 Å². The molecule has 0 spiro atoms. The van der Waals surface area contributed by atoms with Crippen molar-refractivity contribution in [2.45, 2.75) is 50.5 Å². The summed E-state index contributed by atoms with van der Waals surface area (Å²) in [7, 11) is -3.14. The number of hydrogen-bond donors (Lipinski definition) is 1. The van der Waals surface area contributed by atoms with Crippen molar-refractivity contribution in [1.82, 2.24) is 15.2 Å². The van der Waals surface area contributed by atoms with Gasteiger partial charge in [0.25, 0.3) is 5.91 Å². The smallest absolute Gasteiger partial charge is 0.273 e. The van der Waals surface area contributed by atoms with Crippen LogP contribution in [0.3, 0.4) is 0 Å². The van der Waals surface area contributed by atoms with Gasteiger partial charge in [0, 0.05) is 18.8 Å². The van der Waals surface area contributed by atoms with E-state index in [1.807, 2.05) is 0 Å². The number of amides is 2. The molecule has 1 N–H and O–H groups in total. The minimum absolute atomic E-state index is 0.0488. The van der Waals surface area contributed by atoms with Gasteiger partial charge in [-0.1, -0.05) is 17.8 Å². The highest BCUT2D eigenvalue weighted by Gasteiger charge is 2.37. The predicted molar refractivity (Wildman–Crippen MR) is 95.7 cm³/mol. The van der Waals surface area contributed by atoms with Gasteiger partial charge < -0.3 is 0 Å². The summed E-state index contributed by atoms with van der Waals surface area (Å²) in [5.41, 5.74) is 0.217. The molecule has 0 bridgehead atoms. The third-order valence-corrected chi connectivity index (χ3v) is 7.74. The Balaban J connectivity index is 1.45. The highest BCUT2D eigenvalue weighted by Crippen LogP contribution is 2.38. The van der Waals surface area contributed by atoms with Crippen molar-refractivity contribution in [3.8, 4) is 0 Å². The molecule has 1 aromatic heterocycles. The molecule has 11 heteroatoms. The van der Waals surface area contributed by atoms with E-state index in [1.54, 1.807) is 0 Å². The molecular formula is C15H19N5O4S2. The number of rotatable bonds is 4. The first kappa shape index (κ1) is 17.5. The first-order chi connectivity index (χ1) is 12.4. The first-order valence-corrected chi connectivity index (χ1v) is 11.3. The van der Waals surface area contributed by atoms with E-state index in [2.05, 4.69) is 20.6 Å². The molecule has 0 aromatic carbocycles. The molecule has 4 rings (SSSR count). The third-order valence-electron chi connectivity index (χ3n) is 4.99. The van der Waals surface area contributed by atoms with Crippen molar-refractivity contribution in [2.75, 3.05) is 16.8 Å². The van der Waals surface area contributed by atoms with Gasteiger partial charge in [-0.15, -0.1) is 10.2 Å². The molecule has 1 aliphatic carbocycles. The van der Waals surface area contributed by atoms with Gasteiger partial charge in [-0.3, -0.25) is 14.9 Å². The monoisotopic (exact) mass is 397 g/mol. The molecule has 140 valence electrons. The SMILES string of the molecule is O=C(Nc1nnc(C2CCC2)s1)C1=NN([C@H]2CCS(=O)(=O)C2)C(=O)CC1. The Labute approximate surface area is 154 Å². The van der Waals surface area contributed by atoms with Gasteiger partial charge in [-0.2, -0.15) is 5.10 Å². The van der Waals surface area contributed by atoms with Crippen LogP contribution in [-0.4, -0.2) is 58.7 Å². The third kappa shape index (κ3) is 3.50. The lowest BCUT2D eigenvalue weighted by Gasteiger charge is -2.27. The number of carbonyl (C=O) groups excluding carboxylic acids is 2. The molecule has 1 saturated carbocycles. The summed E-state index contributed by atoms with van der Waals surface area (Å²) in [5.74, 6) is -0.264. The molecule has 3 aliphatic rings. The van der Waals surface area contributed by atoms with E-state index in [9.17, 15) is 18.0 Å². The van der Waals surface area contributed by atoms with E-state index in [0.29, 0.717) is 17.5 Å². The number of hydrogen-bond acceptors (Lipinski definition) is 8. The second-order valence-corrected chi connectivity index (χ2v) is 10.1. The minimum Gasteiger partial charge on any atom is -0.295 e. The maximum atomic E-state index is 12.5. The number of sulfone groups is 1. The molecule has 0 radical (unpaired) electrons. The van der Waals surface area contributed by atoms with Crippen molar-refractivity contribution >= 4 is 43.8 Å². The summed E-state index contributed by atoms with van der Waals surface area (Å²) in [5, 5.41) is 17.5. The molecule has 1 atom stereocenters. The zero-order valence-corrected chi connectivity index (χ0v) is 15.7. The van der Waals surface area contributed by atoms with Crippen LogP contribution in [0.4, 0.5) is 5.13 Å². The molecule has 9 nitrogen and oxygen atoms in total. The van der Waals surface area contributed by atoms with E-state index in [1.165, 1.54) is 22.8 Å². The number of nitrogens with zero attached hydrogens (tertiary/aromatic N) is 4. The Hall–Kier alpha value is -1.88. The van der Waals surface area contributed by atoms with Crippen LogP contribution in [0, 0.1) is 0 Å². The Bertz CT molecular complexity index is 874. The van der Waals surface area contributed by atoms with Gasteiger partial charge in [0.2, 0.25) is 11.0 Å². The second-order valence-electron chi connectivity index (χ2n) is 6.87. The molecular weight excluding hydrogens is 378 g/mol. The lowest BCUT2D eigenvalue weighted by Crippen LogP contribution is -2.42. The number of aromatic nitrogens is 2. The van der Waals surface area contributed by atoms with E-state index < -0.39 is 21.8 Å². The van der Waals surface area contributed by atoms with Crippen LogP contribution >= 0.6 is 11.3 Å². The van der Waals surface area contributed by atoms with Crippen LogP contribution < -0.4 is 5.32 Å². The largest absolute Gasteiger partial charge is 0.295 e. The van der Waals surface area contributed by atoms with E-state index in [-0.39, 0.29) is 36.0 Å². The standard InChI is InChI=1S/C15H19N5O4S2/c21-12-5-4-11(19-20(12)10-6-7-26(23,24)8-10)13(22)16-15-18-17-14(25-15)9-2-1-3-9/h9-10H,1-8H2,(H,16,18,22)/t10-/m0/s1. The van der Waals surface area contributed by atoms with E-state index >= 15 is 0 Å². The van der Waals surface area contributed by atoms with E-state index in [4.69, 9.17) is 0 Å². The van der Waals surface area contributed by atoms with Crippen LogP contribution in [0.15, 0.2) is 5.10 Å². The molecule has 2 amide bonds. The summed E-state index contributed by atoms with van der Waals surface area (Å²) in [4.78, 5) is 24.6. The average Bonchev–Trinajstić information content (AvgIpc) is 3.12. The Morgan fingerprint density at radius 3 is 2.65 bits per heavy atom. The molecule has 1 saturated heterocycles. The van der Waals surface area contributed by atoms with Gasteiger partial charge in [-0.05, 0) is 19.3 Å². The molecule has 3 heterocycles. The summed E-state index contributed by atoms with van der Waals surface area (Å²) in [6.45, 7) is 0. The maximum absolute atomic E-state index is 12.5. The quantitative estimate of drug-likeness (QED) is 0.806. The van der Waals surface area contributed by atoms with Crippen molar-refractivity contribution < 1.29 is 18.0 Å². The van der Waals surface area contributed by atoms with Crippen LogP contribution in [0.25, 0.3) is 0 Å². The zero-order valence-electron chi connectivity index (χ0n) is 14.0. The number of hydrazone groups is 1. The maximum Gasteiger partial charge on any atom is 0.273 e. The van der Waals surface area contributed by atoms with Crippen molar-refractivity contribution in [1.29, 1.82) is 0 Å². The molecule has 2 aliphatic heterocycles. The Kier molecular flexibility index (Phi) is 4.51.